The van der Waals surface area contributed by atoms with Crippen molar-refractivity contribution in [1.82, 2.24) is 35.4 Å². The van der Waals surface area contributed by atoms with E-state index >= 15 is 0 Å². The van der Waals surface area contributed by atoms with Gasteiger partial charge in [-0.3, -0.25) is 4.90 Å². The predicted molar refractivity (Wildman–Crippen MR) is 106 cm³/mol. The summed E-state index contributed by atoms with van der Waals surface area (Å²) in [5, 5.41) is 14.2. The van der Waals surface area contributed by atoms with Crippen LogP contribution in [0.3, 0.4) is 0 Å². The summed E-state index contributed by atoms with van der Waals surface area (Å²) in [6, 6.07) is 7.45. The minimum absolute atomic E-state index is 0.546. The Bertz CT molecular complexity index is 708. The number of H-pyrrole nitrogens is 1. The number of rotatable bonds is 4. The fourth-order valence-electron chi connectivity index (χ4n) is 4.29. The Kier molecular flexibility index (Phi) is 5.63. The molecule has 0 aromatic carbocycles. The third kappa shape index (κ3) is 4.27. The first kappa shape index (κ1) is 18.3. The molecule has 2 aliphatic heterocycles. The highest BCUT2D eigenvalue weighted by molar-refractivity contribution is 5.53. The van der Waals surface area contributed by atoms with E-state index in [2.05, 4.69) is 55.2 Å². The van der Waals surface area contributed by atoms with Gasteiger partial charge in [0, 0.05) is 38.3 Å². The second-order valence-electron chi connectivity index (χ2n) is 7.85. The number of hydrogen-bond acceptors (Lipinski definition) is 7. The van der Waals surface area contributed by atoms with Gasteiger partial charge in [-0.15, -0.1) is 10.2 Å². The number of hydrogen-bond donors (Lipinski definition) is 1. The molecule has 8 nitrogen and oxygen atoms in total. The first-order valence-electron chi connectivity index (χ1n) is 10.1. The summed E-state index contributed by atoms with van der Waals surface area (Å²) in [4.78, 5) is 12.5. The van der Waals surface area contributed by atoms with Crippen molar-refractivity contribution in [2.45, 2.75) is 45.2 Å². The Morgan fingerprint density at radius 1 is 1.04 bits per heavy atom. The fourth-order valence-corrected chi connectivity index (χ4v) is 4.29. The van der Waals surface area contributed by atoms with Crippen LogP contribution in [0.4, 0.5) is 5.82 Å². The minimum Gasteiger partial charge on any atom is -0.355 e. The van der Waals surface area contributed by atoms with Crippen LogP contribution in [0.25, 0.3) is 11.5 Å². The molecule has 27 heavy (non-hydrogen) atoms. The Balaban J connectivity index is 1.37. The maximum atomic E-state index is 4.76. The molecule has 2 saturated heterocycles. The number of piperidine rings is 1. The number of aromatic nitrogens is 5. The van der Waals surface area contributed by atoms with E-state index in [9.17, 15) is 0 Å². The van der Waals surface area contributed by atoms with Gasteiger partial charge < -0.3 is 9.80 Å². The summed E-state index contributed by atoms with van der Waals surface area (Å²) in [5.74, 6) is 1.55. The summed E-state index contributed by atoms with van der Waals surface area (Å²) in [5.41, 5.74) is 0.767. The smallest absolute Gasteiger partial charge is 0.223 e. The van der Waals surface area contributed by atoms with Crippen LogP contribution in [-0.4, -0.2) is 86.8 Å². The van der Waals surface area contributed by atoms with Crippen LogP contribution >= 0.6 is 0 Å². The van der Waals surface area contributed by atoms with Gasteiger partial charge in [-0.1, -0.05) is 6.07 Å². The van der Waals surface area contributed by atoms with Crippen molar-refractivity contribution in [3.8, 4) is 11.5 Å². The van der Waals surface area contributed by atoms with Crippen molar-refractivity contribution >= 4 is 5.82 Å². The van der Waals surface area contributed by atoms with E-state index in [1.165, 1.54) is 38.9 Å². The average molecular weight is 371 g/mol. The Morgan fingerprint density at radius 2 is 1.89 bits per heavy atom. The molecule has 2 aromatic heterocycles. The van der Waals surface area contributed by atoms with Crippen molar-refractivity contribution in [2.75, 3.05) is 44.2 Å². The van der Waals surface area contributed by atoms with E-state index in [4.69, 9.17) is 4.98 Å². The first-order valence-corrected chi connectivity index (χ1v) is 10.1. The molecular weight excluding hydrogens is 340 g/mol. The normalized spacial score (nSPS) is 20.9. The molecule has 0 aliphatic carbocycles. The average Bonchev–Trinajstić information content (AvgIpc) is 3.13. The van der Waals surface area contributed by atoms with Gasteiger partial charge in [0.25, 0.3) is 0 Å². The van der Waals surface area contributed by atoms with Gasteiger partial charge in [0.1, 0.15) is 11.5 Å². The molecule has 0 saturated carbocycles. The summed E-state index contributed by atoms with van der Waals surface area (Å²) in [7, 11) is 0. The van der Waals surface area contributed by atoms with Crippen molar-refractivity contribution in [3.05, 3.63) is 18.2 Å². The van der Waals surface area contributed by atoms with Crippen LogP contribution in [0.5, 0.6) is 0 Å². The van der Waals surface area contributed by atoms with Crippen LogP contribution in [0.15, 0.2) is 18.2 Å². The quantitative estimate of drug-likeness (QED) is 0.877. The van der Waals surface area contributed by atoms with Crippen molar-refractivity contribution in [2.24, 2.45) is 0 Å². The predicted octanol–water partition coefficient (Wildman–Crippen LogP) is 1.65. The molecule has 0 bridgehead atoms. The van der Waals surface area contributed by atoms with E-state index in [0.717, 1.165) is 37.2 Å². The lowest BCUT2D eigenvalue weighted by molar-refractivity contribution is 0.0965. The molecule has 2 fully saturated rings. The number of anilines is 1. The molecule has 0 atom stereocenters. The number of nitrogens with zero attached hydrogens (tertiary/aromatic N) is 7. The third-order valence-electron chi connectivity index (χ3n) is 5.91. The summed E-state index contributed by atoms with van der Waals surface area (Å²) in [6.45, 7) is 11.4. The molecule has 146 valence electrons. The Labute approximate surface area is 160 Å². The molecule has 0 amide bonds. The summed E-state index contributed by atoms with van der Waals surface area (Å²) < 4.78 is 0. The standard InChI is InChI=1S/C19H30N8/c1-15(2)25-11-7-16(8-12-25)26-9-4-10-27(14-13-26)18-6-3-5-17(20-18)19-21-23-24-22-19/h3,5-6,15-16H,4,7-14H2,1-2H3,(H,21,22,23,24). The number of pyridine rings is 1. The number of likely N-dealkylation sites (tertiary alicyclic amines) is 1. The van der Waals surface area contributed by atoms with E-state index < -0.39 is 0 Å². The zero-order valence-electron chi connectivity index (χ0n) is 16.4. The summed E-state index contributed by atoms with van der Waals surface area (Å²) in [6.07, 6.45) is 3.77. The fraction of sp³-hybridized carbons (Fsp3) is 0.684. The van der Waals surface area contributed by atoms with E-state index in [1.54, 1.807) is 0 Å². The molecule has 0 spiro atoms. The molecule has 0 unspecified atom stereocenters. The molecule has 2 aromatic rings. The third-order valence-corrected chi connectivity index (χ3v) is 5.91. The van der Waals surface area contributed by atoms with Gasteiger partial charge in [-0.25, -0.2) is 4.98 Å². The summed E-state index contributed by atoms with van der Waals surface area (Å²) >= 11 is 0. The molecule has 4 rings (SSSR count). The van der Waals surface area contributed by atoms with Crippen LogP contribution in [-0.2, 0) is 0 Å². The monoisotopic (exact) mass is 370 g/mol. The largest absolute Gasteiger partial charge is 0.355 e. The molecule has 1 N–H and O–H groups in total. The maximum Gasteiger partial charge on any atom is 0.223 e. The molecule has 2 aliphatic rings. The van der Waals surface area contributed by atoms with Crippen molar-refractivity contribution < 1.29 is 0 Å². The lowest BCUT2D eigenvalue weighted by atomic mass is 10.0. The molecular formula is C19H30N8. The number of aromatic amines is 1. The highest BCUT2D eigenvalue weighted by atomic mass is 15.5. The zero-order valence-corrected chi connectivity index (χ0v) is 16.4. The van der Waals surface area contributed by atoms with Gasteiger partial charge in [0.15, 0.2) is 0 Å². The van der Waals surface area contributed by atoms with Gasteiger partial charge in [0.05, 0.1) is 0 Å². The van der Waals surface area contributed by atoms with E-state index in [0.29, 0.717) is 11.9 Å². The number of tetrazole rings is 1. The highest BCUT2D eigenvalue weighted by Gasteiger charge is 2.27. The van der Waals surface area contributed by atoms with Crippen molar-refractivity contribution in [1.29, 1.82) is 0 Å². The molecule has 0 radical (unpaired) electrons. The van der Waals surface area contributed by atoms with Gasteiger partial charge in [-0.2, -0.15) is 5.21 Å². The van der Waals surface area contributed by atoms with E-state index in [1.807, 2.05) is 12.1 Å². The lowest BCUT2D eigenvalue weighted by Gasteiger charge is -2.39. The number of nitrogens with one attached hydrogen (secondary N) is 1. The maximum absolute atomic E-state index is 4.76. The van der Waals surface area contributed by atoms with Crippen LogP contribution in [0, 0.1) is 0 Å². The lowest BCUT2D eigenvalue weighted by Crippen LogP contribution is -2.47. The highest BCUT2D eigenvalue weighted by Crippen LogP contribution is 2.22. The SMILES string of the molecule is CC(C)N1CCC(N2CCCN(c3cccc(-c4nn[nH]n4)n3)CC2)CC1. The van der Waals surface area contributed by atoms with Gasteiger partial charge in [-0.05, 0) is 63.5 Å². The van der Waals surface area contributed by atoms with Crippen molar-refractivity contribution in [3.63, 3.8) is 0 Å². The second-order valence-corrected chi connectivity index (χ2v) is 7.85. The first-order chi connectivity index (χ1) is 13.2. The second kappa shape index (κ2) is 8.31. The van der Waals surface area contributed by atoms with Crippen LogP contribution in [0.2, 0.25) is 0 Å². The van der Waals surface area contributed by atoms with Gasteiger partial charge >= 0.3 is 0 Å². The Hall–Kier alpha value is -2.06. The zero-order chi connectivity index (χ0) is 18.6. The van der Waals surface area contributed by atoms with Crippen LogP contribution < -0.4 is 4.90 Å². The topological polar surface area (TPSA) is 77.1 Å². The minimum atomic E-state index is 0.546. The van der Waals surface area contributed by atoms with E-state index in [-0.39, 0.29) is 0 Å². The van der Waals surface area contributed by atoms with Gasteiger partial charge in [0.2, 0.25) is 5.82 Å². The molecule has 4 heterocycles. The molecule has 8 heteroatoms. The Morgan fingerprint density at radius 3 is 2.63 bits per heavy atom. The van der Waals surface area contributed by atoms with Crippen LogP contribution in [0.1, 0.15) is 33.1 Å².